The van der Waals surface area contributed by atoms with Crippen LogP contribution < -0.4 is 22.1 Å². The fraction of sp³-hybridized carbons (Fsp3) is 0.889. The van der Waals surface area contributed by atoms with E-state index in [2.05, 4.69) is 48.3 Å². The fourth-order valence-electron chi connectivity index (χ4n) is 2.07. The molecule has 7 heteroatoms. The maximum atomic E-state index is 5.81. The van der Waals surface area contributed by atoms with Crippen molar-refractivity contribution in [2.45, 2.75) is 66.2 Å². The van der Waals surface area contributed by atoms with E-state index in [4.69, 9.17) is 11.5 Å². The lowest BCUT2D eigenvalue weighted by atomic mass is 10.1. The van der Waals surface area contributed by atoms with Crippen molar-refractivity contribution in [3.8, 4) is 0 Å². The van der Waals surface area contributed by atoms with Gasteiger partial charge in [-0.05, 0) is 37.5 Å². The quantitative estimate of drug-likeness (QED) is 0.144. The third-order valence-corrected chi connectivity index (χ3v) is 3.69. The van der Waals surface area contributed by atoms with Crippen LogP contribution in [-0.2, 0) is 0 Å². The molecule has 0 bridgehead atoms. The smallest absolute Gasteiger partial charge is 0.188 e. The van der Waals surface area contributed by atoms with Gasteiger partial charge in [0.2, 0.25) is 0 Å². The molecule has 25 heavy (non-hydrogen) atoms. The largest absolute Gasteiger partial charge is 0.370 e. The lowest BCUT2D eigenvalue weighted by molar-refractivity contribution is 0.575. The molecule has 6 nitrogen and oxygen atoms in total. The number of rotatable bonds is 13. The van der Waals surface area contributed by atoms with Crippen LogP contribution in [0.25, 0.3) is 0 Å². The topological polar surface area (TPSA) is 101 Å². The summed E-state index contributed by atoms with van der Waals surface area (Å²) in [5, 5.41) is 6.30. The molecule has 0 heterocycles. The predicted molar refractivity (Wildman–Crippen MR) is 122 cm³/mol. The van der Waals surface area contributed by atoms with E-state index in [-0.39, 0.29) is 24.0 Å². The van der Waals surface area contributed by atoms with Gasteiger partial charge in [0.15, 0.2) is 11.9 Å². The molecule has 0 aromatic rings. The van der Waals surface area contributed by atoms with E-state index in [9.17, 15) is 0 Å². The van der Waals surface area contributed by atoms with Crippen molar-refractivity contribution in [2.75, 3.05) is 26.2 Å². The summed E-state index contributed by atoms with van der Waals surface area (Å²) in [6.07, 6.45) is 6.67. The molecule has 0 aliphatic heterocycles. The van der Waals surface area contributed by atoms with Gasteiger partial charge in [-0.3, -0.25) is 9.98 Å². The van der Waals surface area contributed by atoms with E-state index in [1.165, 1.54) is 0 Å². The first-order valence-electron chi connectivity index (χ1n) is 9.49. The molecule has 0 atom stereocenters. The zero-order valence-electron chi connectivity index (χ0n) is 16.7. The van der Waals surface area contributed by atoms with Crippen molar-refractivity contribution in [2.24, 2.45) is 33.3 Å². The second-order valence-electron chi connectivity index (χ2n) is 7.17. The summed E-state index contributed by atoms with van der Waals surface area (Å²) in [6, 6.07) is 0. The van der Waals surface area contributed by atoms with Gasteiger partial charge in [0, 0.05) is 26.2 Å². The Morgan fingerprint density at radius 2 is 1.08 bits per heavy atom. The Balaban J connectivity index is 0. The van der Waals surface area contributed by atoms with Crippen molar-refractivity contribution in [1.29, 1.82) is 0 Å². The highest BCUT2D eigenvalue weighted by molar-refractivity contribution is 14.0. The first-order chi connectivity index (χ1) is 11.4. The summed E-state index contributed by atoms with van der Waals surface area (Å²) in [5.74, 6) is 2.51. The molecule has 0 aromatic heterocycles. The third-order valence-electron chi connectivity index (χ3n) is 3.69. The lowest BCUT2D eigenvalue weighted by Gasteiger charge is -2.07. The molecule has 0 spiro atoms. The minimum absolute atomic E-state index is 0. The number of halogens is 1. The molecule has 0 amide bonds. The Morgan fingerprint density at radius 1 is 0.720 bits per heavy atom. The van der Waals surface area contributed by atoms with Gasteiger partial charge >= 0.3 is 0 Å². The van der Waals surface area contributed by atoms with Crippen LogP contribution in [0.2, 0.25) is 0 Å². The summed E-state index contributed by atoms with van der Waals surface area (Å²) >= 11 is 0. The van der Waals surface area contributed by atoms with E-state index in [1.807, 2.05) is 0 Å². The van der Waals surface area contributed by atoms with Gasteiger partial charge in [-0.25, -0.2) is 0 Å². The summed E-state index contributed by atoms with van der Waals surface area (Å²) in [4.78, 5) is 8.68. The van der Waals surface area contributed by atoms with Crippen molar-refractivity contribution >= 4 is 35.9 Å². The first kappa shape index (κ1) is 26.5. The monoisotopic (exact) mass is 468 g/mol. The maximum Gasteiger partial charge on any atom is 0.188 e. The first-order valence-corrected chi connectivity index (χ1v) is 9.49. The average Bonchev–Trinajstić information content (AvgIpc) is 2.49. The molecule has 0 unspecified atom stereocenters. The summed E-state index contributed by atoms with van der Waals surface area (Å²) in [6.45, 7) is 12.2. The molecule has 150 valence electrons. The highest BCUT2D eigenvalue weighted by atomic mass is 127. The molecule has 0 aliphatic carbocycles. The van der Waals surface area contributed by atoms with E-state index >= 15 is 0 Å². The molecule has 0 aromatic carbocycles. The van der Waals surface area contributed by atoms with Crippen LogP contribution in [0.1, 0.15) is 66.2 Å². The number of nitrogens with one attached hydrogen (secondary N) is 2. The van der Waals surface area contributed by atoms with E-state index in [1.54, 1.807) is 0 Å². The molecular formula is C18H41IN6. The van der Waals surface area contributed by atoms with Crippen molar-refractivity contribution in [3.05, 3.63) is 0 Å². The second kappa shape index (κ2) is 18.1. The molecule has 6 N–H and O–H groups in total. The predicted octanol–water partition coefficient (Wildman–Crippen LogP) is 3.07. The van der Waals surface area contributed by atoms with Gasteiger partial charge in [0.05, 0.1) is 0 Å². The summed E-state index contributed by atoms with van der Waals surface area (Å²) < 4.78 is 0. The molecule has 0 saturated carbocycles. The average molecular weight is 468 g/mol. The van der Waals surface area contributed by atoms with Crippen LogP contribution in [-0.4, -0.2) is 38.1 Å². The highest BCUT2D eigenvalue weighted by Gasteiger charge is 1.96. The number of nitrogens with two attached hydrogens (primary N) is 2. The maximum absolute atomic E-state index is 5.81. The van der Waals surface area contributed by atoms with Crippen LogP contribution in [0, 0.1) is 11.8 Å². The number of hydrogen-bond donors (Lipinski definition) is 4. The van der Waals surface area contributed by atoms with Crippen molar-refractivity contribution in [1.82, 2.24) is 10.6 Å². The van der Waals surface area contributed by atoms with Gasteiger partial charge in [-0.2, -0.15) is 0 Å². The Labute approximate surface area is 172 Å². The normalized spacial score (nSPS) is 12.4. The Bertz CT molecular complexity index is 321. The standard InChI is InChI=1S/C18H40N6.HI/c1-15(2)9-13-23-17(19)21-11-7-5-6-8-12-22-18(20)24-14-10-16(3)4;/h15-16H,5-14H2,1-4H3,(H3,19,21,23)(H3,20,22,24);1H. The van der Waals surface area contributed by atoms with Crippen LogP contribution >= 0.6 is 24.0 Å². The van der Waals surface area contributed by atoms with E-state index in [0.717, 1.165) is 64.7 Å². The van der Waals surface area contributed by atoms with Gasteiger partial charge in [-0.15, -0.1) is 24.0 Å². The number of nitrogens with zero attached hydrogens (tertiary/aromatic N) is 2. The molecule has 0 rings (SSSR count). The minimum Gasteiger partial charge on any atom is -0.370 e. The van der Waals surface area contributed by atoms with Gasteiger partial charge in [0.1, 0.15) is 0 Å². The number of hydrogen-bond acceptors (Lipinski definition) is 2. The Hall–Kier alpha value is -0.730. The zero-order chi connectivity index (χ0) is 18.2. The van der Waals surface area contributed by atoms with Gasteiger partial charge in [0.25, 0.3) is 0 Å². The van der Waals surface area contributed by atoms with Crippen LogP contribution in [0.4, 0.5) is 0 Å². The molecule has 0 fully saturated rings. The molecule has 0 radical (unpaired) electrons. The highest BCUT2D eigenvalue weighted by Crippen LogP contribution is 2.01. The minimum atomic E-state index is 0. The number of unbranched alkanes of at least 4 members (excludes halogenated alkanes) is 3. The Morgan fingerprint density at radius 3 is 1.40 bits per heavy atom. The van der Waals surface area contributed by atoms with Crippen LogP contribution in [0.3, 0.4) is 0 Å². The Kier molecular flexibility index (Phi) is 19.2. The SMILES string of the molecule is CC(C)CCNC(N)=NCCCCCCN=C(N)NCCC(C)C.I. The number of aliphatic imine (C=N–C) groups is 2. The van der Waals surface area contributed by atoms with E-state index in [0.29, 0.717) is 23.8 Å². The van der Waals surface area contributed by atoms with Crippen LogP contribution in [0.15, 0.2) is 9.98 Å². The molecule has 0 aliphatic rings. The van der Waals surface area contributed by atoms with Crippen LogP contribution in [0.5, 0.6) is 0 Å². The lowest BCUT2D eigenvalue weighted by Crippen LogP contribution is -2.33. The van der Waals surface area contributed by atoms with Gasteiger partial charge < -0.3 is 22.1 Å². The number of guanidine groups is 2. The summed E-state index contributed by atoms with van der Waals surface area (Å²) in [7, 11) is 0. The fourth-order valence-corrected chi connectivity index (χ4v) is 2.07. The van der Waals surface area contributed by atoms with E-state index < -0.39 is 0 Å². The second-order valence-corrected chi connectivity index (χ2v) is 7.17. The molecular weight excluding hydrogens is 427 g/mol. The molecule has 0 saturated heterocycles. The van der Waals surface area contributed by atoms with Crippen molar-refractivity contribution in [3.63, 3.8) is 0 Å². The zero-order valence-corrected chi connectivity index (χ0v) is 19.0. The summed E-state index contributed by atoms with van der Waals surface area (Å²) in [5.41, 5.74) is 11.6. The van der Waals surface area contributed by atoms with Gasteiger partial charge in [-0.1, -0.05) is 40.5 Å². The third kappa shape index (κ3) is 21.2. The van der Waals surface area contributed by atoms with Crippen molar-refractivity contribution < 1.29 is 0 Å².